The summed E-state index contributed by atoms with van der Waals surface area (Å²) in [6, 6.07) is 4.14. The minimum Gasteiger partial charge on any atom is -0.300 e. The SMILES string of the molecule is CC1CCN(C2CCC(NS(=O)(=O)c3ccc(C(Br)Br)s3)C2)CC1. The average Bonchev–Trinajstić information content (AvgIpc) is 3.17. The molecule has 1 N–H and O–H groups in total. The molecule has 136 valence electrons. The van der Waals surface area contributed by atoms with Gasteiger partial charge in [0.05, 0.1) is 0 Å². The van der Waals surface area contributed by atoms with Crippen molar-refractivity contribution in [3.05, 3.63) is 17.0 Å². The third-order valence-corrected chi connectivity index (χ3v) is 9.90. The van der Waals surface area contributed by atoms with Gasteiger partial charge in [-0.05, 0) is 63.2 Å². The molecule has 2 unspecified atom stereocenters. The van der Waals surface area contributed by atoms with Crippen molar-refractivity contribution >= 4 is 53.2 Å². The lowest BCUT2D eigenvalue weighted by molar-refractivity contribution is 0.139. The first-order chi connectivity index (χ1) is 11.3. The normalized spacial score (nSPS) is 27.2. The molecule has 24 heavy (non-hydrogen) atoms. The Morgan fingerprint density at radius 2 is 1.92 bits per heavy atom. The van der Waals surface area contributed by atoms with Gasteiger partial charge in [-0.15, -0.1) is 11.3 Å². The Kier molecular flexibility index (Phi) is 6.47. The quantitative estimate of drug-likeness (QED) is 0.608. The number of rotatable bonds is 5. The number of nitrogens with one attached hydrogen (secondary N) is 1. The summed E-state index contributed by atoms with van der Waals surface area (Å²) in [4.78, 5) is 3.53. The van der Waals surface area contributed by atoms with Crippen LogP contribution in [0.2, 0.25) is 0 Å². The molecule has 0 spiro atoms. The van der Waals surface area contributed by atoms with Crippen LogP contribution >= 0.6 is 43.2 Å². The molecule has 1 saturated carbocycles. The topological polar surface area (TPSA) is 49.4 Å². The smallest absolute Gasteiger partial charge is 0.250 e. The maximum Gasteiger partial charge on any atom is 0.250 e. The number of hydrogen-bond acceptors (Lipinski definition) is 4. The van der Waals surface area contributed by atoms with Crippen molar-refractivity contribution in [3.63, 3.8) is 0 Å². The first-order valence-electron chi connectivity index (χ1n) is 8.49. The van der Waals surface area contributed by atoms with Gasteiger partial charge < -0.3 is 4.90 Å². The van der Waals surface area contributed by atoms with Crippen LogP contribution in [0, 0.1) is 5.92 Å². The highest BCUT2D eigenvalue weighted by Crippen LogP contribution is 2.36. The molecule has 0 bridgehead atoms. The van der Waals surface area contributed by atoms with Crippen LogP contribution in [0.15, 0.2) is 16.3 Å². The number of alkyl halides is 2. The van der Waals surface area contributed by atoms with Crippen LogP contribution in [0.5, 0.6) is 0 Å². The highest BCUT2D eigenvalue weighted by molar-refractivity contribution is 9.24. The predicted octanol–water partition coefficient (Wildman–Crippen LogP) is 4.47. The molecule has 2 aliphatic rings. The maximum absolute atomic E-state index is 12.6. The Balaban J connectivity index is 1.58. The minimum atomic E-state index is -3.41. The zero-order valence-electron chi connectivity index (χ0n) is 13.7. The molecule has 0 radical (unpaired) electrons. The molecular formula is C16H24Br2N2O2S2. The van der Waals surface area contributed by atoms with Gasteiger partial charge in [-0.25, -0.2) is 13.1 Å². The summed E-state index contributed by atoms with van der Waals surface area (Å²) in [6.07, 6.45) is 5.51. The maximum atomic E-state index is 12.6. The van der Waals surface area contributed by atoms with Crippen LogP contribution < -0.4 is 4.72 Å². The van der Waals surface area contributed by atoms with Crippen molar-refractivity contribution in [1.29, 1.82) is 0 Å². The van der Waals surface area contributed by atoms with Gasteiger partial charge >= 0.3 is 0 Å². The number of likely N-dealkylation sites (tertiary alicyclic amines) is 1. The summed E-state index contributed by atoms with van der Waals surface area (Å²) >= 11 is 8.13. The molecule has 2 fully saturated rings. The predicted molar refractivity (Wildman–Crippen MR) is 107 cm³/mol. The Hall–Kier alpha value is 0.530. The molecule has 1 aromatic heterocycles. The van der Waals surface area contributed by atoms with Crippen LogP contribution in [-0.4, -0.2) is 38.5 Å². The van der Waals surface area contributed by atoms with Crippen molar-refractivity contribution in [1.82, 2.24) is 9.62 Å². The van der Waals surface area contributed by atoms with Gasteiger partial charge in [-0.1, -0.05) is 38.8 Å². The third-order valence-electron chi connectivity index (χ3n) is 5.14. The lowest BCUT2D eigenvalue weighted by Crippen LogP contribution is -2.41. The van der Waals surface area contributed by atoms with Gasteiger partial charge in [-0.2, -0.15) is 0 Å². The highest BCUT2D eigenvalue weighted by atomic mass is 79.9. The van der Waals surface area contributed by atoms with E-state index in [-0.39, 0.29) is 9.78 Å². The van der Waals surface area contributed by atoms with Gasteiger partial charge in [0.1, 0.15) is 7.95 Å². The molecule has 1 aliphatic heterocycles. The van der Waals surface area contributed by atoms with E-state index in [4.69, 9.17) is 0 Å². The van der Waals surface area contributed by atoms with E-state index in [2.05, 4.69) is 48.4 Å². The highest BCUT2D eigenvalue weighted by Gasteiger charge is 2.33. The first-order valence-corrected chi connectivity index (χ1v) is 12.6. The van der Waals surface area contributed by atoms with Gasteiger partial charge in [0.25, 0.3) is 0 Å². The molecule has 3 rings (SSSR count). The summed E-state index contributed by atoms with van der Waals surface area (Å²) in [7, 11) is -3.41. The van der Waals surface area contributed by atoms with E-state index in [9.17, 15) is 8.42 Å². The standard InChI is InChI=1S/C16H24Br2N2O2S2/c1-11-6-8-20(9-7-11)13-3-2-12(10-13)19-24(21,22)15-5-4-14(23-15)16(17)18/h4-5,11-13,16,19H,2-3,6-10H2,1H3. The molecule has 2 heterocycles. The molecule has 1 aromatic rings. The summed E-state index contributed by atoms with van der Waals surface area (Å²) in [6.45, 7) is 4.65. The van der Waals surface area contributed by atoms with Crippen molar-refractivity contribution in [2.45, 2.75) is 59.1 Å². The summed E-state index contributed by atoms with van der Waals surface area (Å²) in [5, 5.41) is 0. The second-order valence-electron chi connectivity index (χ2n) is 6.96. The lowest BCUT2D eigenvalue weighted by Gasteiger charge is -2.35. The number of halogens is 2. The van der Waals surface area contributed by atoms with E-state index in [1.54, 1.807) is 6.07 Å². The Labute approximate surface area is 165 Å². The second-order valence-corrected chi connectivity index (χ2v) is 13.1. The van der Waals surface area contributed by atoms with Gasteiger partial charge in [-0.3, -0.25) is 0 Å². The number of thiophene rings is 1. The monoisotopic (exact) mass is 498 g/mol. The second kappa shape index (κ2) is 8.05. The Morgan fingerprint density at radius 1 is 1.21 bits per heavy atom. The fourth-order valence-electron chi connectivity index (χ4n) is 3.66. The largest absolute Gasteiger partial charge is 0.300 e. The zero-order chi connectivity index (χ0) is 17.3. The van der Waals surface area contributed by atoms with E-state index in [1.165, 1.54) is 24.2 Å². The number of nitrogens with zero attached hydrogens (tertiary/aromatic N) is 1. The van der Waals surface area contributed by atoms with Crippen molar-refractivity contribution < 1.29 is 8.42 Å². The van der Waals surface area contributed by atoms with Crippen LogP contribution in [0.4, 0.5) is 0 Å². The summed E-state index contributed by atoms with van der Waals surface area (Å²) < 4.78 is 28.5. The van der Waals surface area contributed by atoms with E-state index in [1.807, 2.05) is 6.07 Å². The van der Waals surface area contributed by atoms with E-state index >= 15 is 0 Å². The average molecular weight is 500 g/mol. The van der Waals surface area contributed by atoms with Crippen molar-refractivity contribution in [2.75, 3.05) is 13.1 Å². The zero-order valence-corrected chi connectivity index (χ0v) is 18.6. The summed E-state index contributed by atoms with van der Waals surface area (Å²) in [5.74, 6) is 0.831. The molecule has 1 aliphatic carbocycles. The number of piperidine rings is 1. The Morgan fingerprint density at radius 3 is 2.54 bits per heavy atom. The third kappa shape index (κ3) is 4.62. The van der Waals surface area contributed by atoms with Crippen LogP contribution in [0.1, 0.15) is 47.6 Å². The van der Waals surface area contributed by atoms with Crippen molar-refractivity contribution in [3.8, 4) is 0 Å². The van der Waals surface area contributed by atoms with Gasteiger partial charge in [0, 0.05) is 17.0 Å². The van der Waals surface area contributed by atoms with E-state index in [0.29, 0.717) is 10.3 Å². The molecular weight excluding hydrogens is 476 g/mol. The Bertz CT molecular complexity index is 655. The molecule has 2 atom stereocenters. The molecule has 8 heteroatoms. The molecule has 4 nitrogen and oxygen atoms in total. The van der Waals surface area contributed by atoms with Crippen LogP contribution in [0.25, 0.3) is 0 Å². The van der Waals surface area contributed by atoms with Gasteiger partial charge in [0.2, 0.25) is 10.0 Å². The summed E-state index contributed by atoms with van der Waals surface area (Å²) in [5.41, 5.74) is 0. The van der Waals surface area contributed by atoms with Crippen LogP contribution in [0.3, 0.4) is 0 Å². The number of sulfonamides is 1. The van der Waals surface area contributed by atoms with Crippen molar-refractivity contribution in [2.24, 2.45) is 5.92 Å². The number of hydrogen-bond donors (Lipinski definition) is 1. The lowest BCUT2D eigenvalue weighted by atomic mass is 9.97. The van der Waals surface area contributed by atoms with Gasteiger partial charge in [0.15, 0.2) is 0 Å². The molecule has 1 saturated heterocycles. The molecule has 0 aromatic carbocycles. The fraction of sp³-hybridized carbons (Fsp3) is 0.750. The fourth-order valence-corrected chi connectivity index (χ4v) is 7.01. The van der Waals surface area contributed by atoms with Crippen LogP contribution in [-0.2, 0) is 10.0 Å². The minimum absolute atomic E-state index is 0.00342. The first kappa shape index (κ1) is 19.3. The van der Waals surface area contributed by atoms with E-state index < -0.39 is 10.0 Å². The molecule has 0 amide bonds. The van der Waals surface area contributed by atoms with E-state index in [0.717, 1.165) is 43.1 Å².